The number of aliphatic carboxylic acids is 2. The molecule has 0 atom stereocenters. The van der Waals surface area contributed by atoms with Gasteiger partial charge < -0.3 is 10.2 Å². The number of hydrogen-bond donors (Lipinski definition) is 2. The molecule has 4 nitrogen and oxygen atoms in total. The van der Waals surface area contributed by atoms with Gasteiger partial charge in [-0.25, -0.2) is 4.79 Å². The van der Waals surface area contributed by atoms with Gasteiger partial charge in [0.15, 0.2) is 0 Å². The van der Waals surface area contributed by atoms with Crippen LogP contribution in [0.4, 0.5) is 0 Å². The molecule has 2 N–H and O–H groups in total. The first-order valence-electron chi connectivity index (χ1n) is 3.18. The number of allylic oxidation sites excluding steroid dienone is 1. The molecular formula is C7H10O4. The Hall–Kier alpha value is -1.32. The summed E-state index contributed by atoms with van der Waals surface area (Å²) in [5, 5.41) is 16.6. The minimum atomic E-state index is -1.05. The average Bonchev–Trinajstić information content (AvgIpc) is 1.87. The summed E-state index contributed by atoms with van der Waals surface area (Å²) in [6.45, 7) is 1.57. The van der Waals surface area contributed by atoms with Gasteiger partial charge in [-0.2, -0.15) is 0 Å². The van der Waals surface area contributed by atoms with Crippen molar-refractivity contribution in [2.24, 2.45) is 0 Å². The first-order valence-corrected chi connectivity index (χ1v) is 3.18. The fraction of sp³-hybridized carbons (Fsp3) is 0.429. The minimum Gasteiger partial charge on any atom is -0.481 e. The van der Waals surface area contributed by atoms with Gasteiger partial charge in [0.1, 0.15) is 0 Å². The topological polar surface area (TPSA) is 74.6 Å². The zero-order chi connectivity index (χ0) is 8.85. The van der Waals surface area contributed by atoms with E-state index in [9.17, 15) is 9.59 Å². The van der Waals surface area contributed by atoms with Gasteiger partial charge >= 0.3 is 11.9 Å². The molecule has 0 aliphatic heterocycles. The molecule has 0 spiro atoms. The Balaban J connectivity index is 3.92. The molecule has 11 heavy (non-hydrogen) atoms. The van der Waals surface area contributed by atoms with E-state index in [1.165, 1.54) is 6.08 Å². The van der Waals surface area contributed by atoms with Crippen LogP contribution in [-0.2, 0) is 9.59 Å². The Morgan fingerprint density at radius 2 is 1.82 bits per heavy atom. The predicted molar refractivity (Wildman–Crippen MR) is 38.3 cm³/mol. The molecule has 62 valence electrons. The van der Waals surface area contributed by atoms with E-state index < -0.39 is 11.9 Å². The van der Waals surface area contributed by atoms with Crippen molar-refractivity contribution in [3.05, 3.63) is 11.6 Å². The Kier molecular flexibility index (Phi) is 3.95. The molecule has 0 aliphatic rings. The third-order valence-corrected chi connectivity index (χ3v) is 1.23. The summed E-state index contributed by atoms with van der Waals surface area (Å²) >= 11 is 0. The fourth-order valence-electron chi connectivity index (χ4n) is 0.616. The van der Waals surface area contributed by atoms with Gasteiger partial charge in [-0.15, -0.1) is 0 Å². The molecule has 0 aromatic heterocycles. The largest absolute Gasteiger partial charge is 0.481 e. The third-order valence-electron chi connectivity index (χ3n) is 1.23. The zero-order valence-corrected chi connectivity index (χ0v) is 6.20. The summed E-state index contributed by atoms with van der Waals surface area (Å²) in [6.07, 6.45) is 1.36. The lowest BCUT2D eigenvalue weighted by Crippen LogP contribution is -2.03. The van der Waals surface area contributed by atoms with Crippen LogP contribution in [0.5, 0.6) is 0 Å². The van der Waals surface area contributed by atoms with E-state index >= 15 is 0 Å². The van der Waals surface area contributed by atoms with Gasteiger partial charge in [0, 0.05) is 12.0 Å². The predicted octanol–water partition coefficient (Wildman–Crippen LogP) is 0.882. The second-order valence-corrected chi connectivity index (χ2v) is 2.01. The molecule has 0 bridgehead atoms. The Morgan fingerprint density at radius 1 is 1.27 bits per heavy atom. The van der Waals surface area contributed by atoms with Crippen molar-refractivity contribution in [1.29, 1.82) is 0 Å². The maximum absolute atomic E-state index is 10.3. The van der Waals surface area contributed by atoms with E-state index in [1.54, 1.807) is 6.92 Å². The highest BCUT2D eigenvalue weighted by molar-refractivity contribution is 5.87. The summed E-state index contributed by atoms with van der Waals surface area (Å²) in [6, 6.07) is 0. The zero-order valence-electron chi connectivity index (χ0n) is 6.20. The molecule has 4 heteroatoms. The van der Waals surface area contributed by atoms with Crippen LogP contribution in [0.25, 0.3) is 0 Å². The normalized spacial score (nSPS) is 11.2. The molecule has 0 rings (SSSR count). The molecule has 0 radical (unpaired) electrons. The van der Waals surface area contributed by atoms with Crippen molar-refractivity contribution in [2.45, 2.75) is 19.8 Å². The van der Waals surface area contributed by atoms with E-state index in [4.69, 9.17) is 10.2 Å². The molecule has 0 fully saturated rings. The highest BCUT2D eigenvalue weighted by Crippen LogP contribution is 2.04. The van der Waals surface area contributed by atoms with E-state index in [-0.39, 0.29) is 18.4 Å². The number of hydrogen-bond acceptors (Lipinski definition) is 2. The van der Waals surface area contributed by atoms with Crippen LogP contribution in [0.2, 0.25) is 0 Å². The Morgan fingerprint density at radius 3 is 2.09 bits per heavy atom. The molecule has 0 saturated carbocycles. The van der Waals surface area contributed by atoms with E-state index in [0.717, 1.165) is 0 Å². The van der Waals surface area contributed by atoms with Crippen LogP contribution in [0.1, 0.15) is 19.8 Å². The number of carboxylic acid groups (broad SMARTS) is 2. The molecule has 0 saturated heterocycles. The lowest BCUT2D eigenvalue weighted by atomic mass is 10.1. The van der Waals surface area contributed by atoms with Gasteiger partial charge in [-0.3, -0.25) is 4.79 Å². The average molecular weight is 158 g/mol. The second-order valence-electron chi connectivity index (χ2n) is 2.01. The smallest absolute Gasteiger partial charge is 0.331 e. The minimum absolute atomic E-state index is 0.0845. The number of rotatable bonds is 4. The SMILES string of the molecule is C/C=C(\CCC(=O)O)C(=O)O. The van der Waals surface area contributed by atoms with Crippen LogP contribution in [-0.4, -0.2) is 22.2 Å². The molecular weight excluding hydrogens is 148 g/mol. The highest BCUT2D eigenvalue weighted by Gasteiger charge is 2.07. The highest BCUT2D eigenvalue weighted by atomic mass is 16.4. The van der Waals surface area contributed by atoms with E-state index in [2.05, 4.69) is 0 Å². The number of carboxylic acids is 2. The van der Waals surface area contributed by atoms with E-state index in [1.807, 2.05) is 0 Å². The van der Waals surface area contributed by atoms with Gasteiger partial charge in [-0.1, -0.05) is 6.08 Å². The van der Waals surface area contributed by atoms with E-state index in [0.29, 0.717) is 0 Å². The molecule has 0 heterocycles. The van der Waals surface area contributed by atoms with Crippen LogP contribution in [0.15, 0.2) is 11.6 Å². The molecule has 0 unspecified atom stereocenters. The lowest BCUT2D eigenvalue weighted by molar-refractivity contribution is -0.137. The van der Waals surface area contributed by atoms with Crippen molar-refractivity contribution in [1.82, 2.24) is 0 Å². The maximum Gasteiger partial charge on any atom is 0.331 e. The van der Waals surface area contributed by atoms with Gasteiger partial charge in [0.05, 0.1) is 0 Å². The summed E-state index contributed by atoms with van der Waals surface area (Å²) in [4.78, 5) is 20.3. The molecule has 0 aliphatic carbocycles. The van der Waals surface area contributed by atoms with Crippen molar-refractivity contribution in [2.75, 3.05) is 0 Å². The lowest BCUT2D eigenvalue weighted by Gasteiger charge is -1.96. The summed E-state index contributed by atoms with van der Waals surface area (Å²) in [5.74, 6) is -2.03. The fourth-order valence-corrected chi connectivity index (χ4v) is 0.616. The Bertz CT molecular complexity index is 193. The third kappa shape index (κ3) is 4.13. The number of carbonyl (C=O) groups is 2. The van der Waals surface area contributed by atoms with Crippen LogP contribution in [0.3, 0.4) is 0 Å². The maximum atomic E-state index is 10.3. The quantitative estimate of drug-likeness (QED) is 0.595. The van der Waals surface area contributed by atoms with Crippen LogP contribution < -0.4 is 0 Å². The molecule has 0 aromatic carbocycles. The monoisotopic (exact) mass is 158 g/mol. The summed E-state index contributed by atoms with van der Waals surface area (Å²) in [7, 11) is 0. The Labute approximate surface area is 64.2 Å². The summed E-state index contributed by atoms with van der Waals surface area (Å²) < 4.78 is 0. The molecule has 0 aromatic rings. The standard InChI is InChI=1S/C7H10O4/c1-2-5(7(10)11)3-4-6(8)9/h2H,3-4H2,1H3,(H,8,9)(H,10,11)/b5-2+. The van der Waals surface area contributed by atoms with Crippen molar-refractivity contribution >= 4 is 11.9 Å². The first kappa shape index (κ1) is 9.68. The first-order chi connectivity index (χ1) is 5.07. The van der Waals surface area contributed by atoms with Gasteiger partial charge in [0.2, 0.25) is 0 Å². The van der Waals surface area contributed by atoms with Gasteiger partial charge in [0.25, 0.3) is 0 Å². The van der Waals surface area contributed by atoms with Crippen molar-refractivity contribution in [3.8, 4) is 0 Å². The van der Waals surface area contributed by atoms with Crippen molar-refractivity contribution in [3.63, 3.8) is 0 Å². The second kappa shape index (κ2) is 4.49. The van der Waals surface area contributed by atoms with Gasteiger partial charge in [-0.05, 0) is 13.3 Å². The molecule has 0 amide bonds. The van der Waals surface area contributed by atoms with Crippen molar-refractivity contribution < 1.29 is 19.8 Å². The van der Waals surface area contributed by atoms with Crippen LogP contribution >= 0.6 is 0 Å². The summed E-state index contributed by atoms with van der Waals surface area (Å²) in [5.41, 5.74) is 0.146. The van der Waals surface area contributed by atoms with Crippen LogP contribution in [0, 0.1) is 0 Å².